The largest absolute Gasteiger partial charge is 0.100 e. The van der Waals surface area contributed by atoms with Crippen LogP contribution >= 0.6 is 0 Å². The summed E-state index contributed by atoms with van der Waals surface area (Å²) >= 11 is 0. The minimum atomic E-state index is -1.39. The minimum absolute atomic E-state index is 0.0763. The average Bonchev–Trinajstić information content (AvgIpc) is 3.62. The lowest BCUT2D eigenvalue weighted by atomic mass is 9.50. The van der Waals surface area contributed by atoms with E-state index in [2.05, 4.69) is 176 Å². The zero-order valence-corrected chi connectivity index (χ0v) is 31.3. The number of rotatable bonds is 8. The smallest absolute Gasteiger partial charge is 0.0585 e. The van der Waals surface area contributed by atoms with E-state index < -0.39 is 13.5 Å². The maximum absolute atomic E-state index is 4.82. The number of hydrogen-bond donors (Lipinski definition) is 0. The lowest BCUT2D eigenvalue weighted by Gasteiger charge is -2.52. The number of benzene rings is 4. The van der Waals surface area contributed by atoms with Crippen LogP contribution < -0.4 is 0 Å². The molecule has 0 unspecified atom stereocenters. The van der Waals surface area contributed by atoms with E-state index in [0.717, 1.165) is 18.9 Å². The first kappa shape index (κ1) is 33.2. The second-order valence-corrected chi connectivity index (χ2v) is 22.9. The summed E-state index contributed by atoms with van der Waals surface area (Å²) in [6, 6.07) is 36.1. The van der Waals surface area contributed by atoms with Crippen molar-refractivity contribution in [3.63, 3.8) is 0 Å². The third-order valence-corrected chi connectivity index (χ3v) is 12.0. The Bertz CT molecular complexity index is 1800. The normalized spacial score (nSPS) is 15.5. The van der Waals surface area contributed by atoms with Crippen LogP contribution in [0.2, 0.25) is 25.7 Å². The molecule has 0 radical (unpaired) electrons. The van der Waals surface area contributed by atoms with Crippen LogP contribution in [0.15, 0.2) is 127 Å². The number of hydrogen-bond acceptors (Lipinski definition) is 0. The number of allylic oxidation sites excluding steroid dienone is 5. The Morgan fingerprint density at radius 2 is 1.23 bits per heavy atom. The molecule has 0 aliphatic heterocycles. The van der Waals surface area contributed by atoms with Crippen molar-refractivity contribution in [3.8, 4) is 11.1 Å². The highest BCUT2D eigenvalue weighted by atomic mass is 28.3. The second kappa shape index (κ2) is 11.8. The third-order valence-electron chi connectivity index (χ3n) is 10.5. The van der Waals surface area contributed by atoms with Crippen LogP contribution in [0.1, 0.15) is 86.9 Å². The van der Waals surface area contributed by atoms with Crippen molar-refractivity contribution in [2.45, 2.75) is 96.3 Å². The maximum atomic E-state index is 4.82. The van der Waals surface area contributed by atoms with Crippen molar-refractivity contribution in [3.05, 3.63) is 166 Å². The predicted octanol–water partition coefficient (Wildman–Crippen LogP) is 12.6. The molecular formula is C46H54Si. The average molecular weight is 635 g/mol. The lowest BCUT2D eigenvalue weighted by Crippen LogP contribution is -2.47. The first-order valence-corrected chi connectivity index (χ1v) is 21.2. The molecule has 0 amide bonds. The first-order chi connectivity index (χ1) is 22.1. The van der Waals surface area contributed by atoms with Gasteiger partial charge in [-0.3, -0.25) is 0 Å². The van der Waals surface area contributed by atoms with E-state index in [9.17, 15) is 0 Å². The van der Waals surface area contributed by atoms with E-state index in [1.54, 1.807) is 0 Å². The summed E-state index contributed by atoms with van der Waals surface area (Å²) < 4.78 is 0. The molecule has 47 heavy (non-hydrogen) atoms. The molecule has 0 nitrogen and oxygen atoms in total. The quantitative estimate of drug-likeness (QED) is 0.0905. The van der Waals surface area contributed by atoms with Gasteiger partial charge in [0.25, 0.3) is 0 Å². The zero-order valence-electron chi connectivity index (χ0n) is 30.3. The number of fused-ring (bicyclic) bond motifs is 3. The fourth-order valence-corrected chi connectivity index (χ4v) is 10.3. The lowest BCUT2D eigenvalue weighted by molar-refractivity contribution is 0.327. The molecule has 0 atom stereocenters. The summed E-state index contributed by atoms with van der Waals surface area (Å²) in [7, 11) is -1.39. The van der Waals surface area contributed by atoms with Crippen LogP contribution in [0.3, 0.4) is 0 Å². The van der Waals surface area contributed by atoms with Crippen molar-refractivity contribution < 1.29 is 0 Å². The SMILES string of the molecule is C=C(CC1(C(c2ccccc2)(c2ccccc2)c2c(C(C)(C)C)ccc3c2Cc2cc(C(C)(C)C)ccc2-3)C=CC=C1)C[Si](C)(C)C. The van der Waals surface area contributed by atoms with Gasteiger partial charge in [0, 0.05) is 13.5 Å². The second-order valence-electron chi connectivity index (χ2n) is 17.5. The minimum Gasteiger partial charge on any atom is -0.100 e. The van der Waals surface area contributed by atoms with Crippen LogP contribution in [0.25, 0.3) is 11.1 Å². The molecule has 1 heteroatoms. The summed E-state index contributed by atoms with van der Waals surface area (Å²) in [5.41, 5.74) is 13.2. The summed E-state index contributed by atoms with van der Waals surface area (Å²) in [5.74, 6) is 0. The topological polar surface area (TPSA) is 0 Å². The van der Waals surface area contributed by atoms with Gasteiger partial charge in [-0.25, -0.2) is 0 Å². The molecule has 2 aliphatic rings. The Kier molecular flexibility index (Phi) is 8.33. The van der Waals surface area contributed by atoms with Gasteiger partial charge in [0.2, 0.25) is 0 Å². The van der Waals surface area contributed by atoms with Gasteiger partial charge in [0.1, 0.15) is 0 Å². The van der Waals surface area contributed by atoms with Crippen LogP contribution in [0.4, 0.5) is 0 Å². The van der Waals surface area contributed by atoms with Crippen molar-refractivity contribution in [1.82, 2.24) is 0 Å². The highest BCUT2D eigenvalue weighted by molar-refractivity contribution is 6.76. The monoisotopic (exact) mass is 634 g/mol. The van der Waals surface area contributed by atoms with Crippen LogP contribution in [-0.4, -0.2) is 8.07 Å². The Labute approximate surface area is 286 Å². The summed E-state index contributed by atoms with van der Waals surface area (Å²) in [6.45, 7) is 26.4. The molecule has 242 valence electrons. The van der Waals surface area contributed by atoms with Gasteiger partial charge in [-0.2, -0.15) is 0 Å². The summed E-state index contributed by atoms with van der Waals surface area (Å²) in [4.78, 5) is 0. The van der Waals surface area contributed by atoms with Crippen molar-refractivity contribution in [2.75, 3.05) is 0 Å². The molecule has 0 saturated carbocycles. The fourth-order valence-electron chi connectivity index (χ4n) is 8.64. The molecule has 0 saturated heterocycles. The van der Waals surface area contributed by atoms with Crippen LogP contribution in [-0.2, 0) is 22.7 Å². The molecule has 0 heterocycles. The molecule has 6 rings (SSSR count). The first-order valence-electron chi connectivity index (χ1n) is 17.5. The summed E-state index contributed by atoms with van der Waals surface area (Å²) in [6.07, 6.45) is 11.5. The molecule has 0 spiro atoms. The fraction of sp³-hybridized carbons (Fsp3) is 0.348. The Hall–Kier alpha value is -3.68. The van der Waals surface area contributed by atoms with E-state index in [1.807, 2.05) is 0 Å². The Morgan fingerprint density at radius 3 is 1.74 bits per heavy atom. The molecular weight excluding hydrogens is 581 g/mol. The molecule has 2 aliphatic carbocycles. The molecule has 0 aromatic heterocycles. The molecule has 0 fully saturated rings. The van der Waals surface area contributed by atoms with E-state index in [1.165, 1.54) is 55.6 Å². The molecule has 0 N–H and O–H groups in total. The van der Waals surface area contributed by atoms with Crippen molar-refractivity contribution in [2.24, 2.45) is 5.41 Å². The van der Waals surface area contributed by atoms with Crippen LogP contribution in [0, 0.1) is 5.41 Å². The maximum Gasteiger partial charge on any atom is 0.0585 e. The van der Waals surface area contributed by atoms with Crippen molar-refractivity contribution >= 4 is 8.07 Å². The van der Waals surface area contributed by atoms with E-state index in [4.69, 9.17) is 6.58 Å². The van der Waals surface area contributed by atoms with Gasteiger partial charge in [-0.05, 0) is 79.8 Å². The molecule has 4 aromatic rings. The van der Waals surface area contributed by atoms with Gasteiger partial charge >= 0.3 is 0 Å². The zero-order chi connectivity index (χ0) is 33.8. The highest BCUT2D eigenvalue weighted by Crippen LogP contribution is 2.62. The highest BCUT2D eigenvalue weighted by Gasteiger charge is 2.55. The third kappa shape index (κ3) is 5.86. The van der Waals surface area contributed by atoms with E-state index in [0.29, 0.717) is 0 Å². The molecule has 0 bridgehead atoms. The Morgan fingerprint density at radius 1 is 0.681 bits per heavy atom. The standard InChI is InChI=1S/C46H54Si/c1-33(32-47(8,9)10)31-45(27-17-18-28-45)46(35-19-13-11-14-20-35,36-21-15-12-16-22-36)42-40-30-34-29-37(43(2,3)4)23-24-38(34)39(40)25-26-41(42)44(5,6)7/h11-29H,1,30-32H2,2-10H3. The molecule has 4 aromatic carbocycles. The van der Waals surface area contributed by atoms with E-state index in [-0.39, 0.29) is 16.2 Å². The predicted molar refractivity (Wildman–Crippen MR) is 207 cm³/mol. The van der Waals surface area contributed by atoms with Crippen LogP contribution in [0.5, 0.6) is 0 Å². The van der Waals surface area contributed by atoms with Crippen molar-refractivity contribution in [1.29, 1.82) is 0 Å². The van der Waals surface area contributed by atoms with Gasteiger partial charge in [0.05, 0.1) is 5.41 Å². The van der Waals surface area contributed by atoms with Gasteiger partial charge < -0.3 is 0 Å². The van der Waals surface area contributed by atoms with Gasteiger partial charge in [-0.15, -0.1) is 6.58 Å². The van der Waals surface area contributed by atoms with Gasteiger partial charge in [0.15, 0.2) is 0 Å². The Balaban J connectivity index is 1.77. The van der Waals surface area contributed by atoms with E-state index >= 15 is 0 Å². The van der Waals surface area contributed by atoms with Gasteiger partial charge in [-0.1, -0.05) is 182 Å². The summed E-state index contributed by atoms with van der Waals surface area (Å²) in [5, 5.41) is 0.